The van der Waals surface area contributed by atoms with Gasteiger partial charge in [-0.3, -0.25) is 0 Å². The molecule has 70 valence electrons. The maximum absolute atomic E-state index is 9.40. The van der Waals surface area contributed by atoms with Crippen LogP contribution >= 0.6 is 0 Å². The van der Waals surface area contributed by atoms with Crippen molar-refractivity contribution in [2.24, 2.45) is 0 Å². The molecule has 2 heteroatoms. The lowest BCUT2D eigenvalue weighted by Gasteiger charge is -2.05. The van der Waals surface area contributed by atoms with Crippen LogP contribution in [0.25, 0.3) is 0 Å². The van der Waals surface area contributed by atoms with Crippen LogP contribution < -0.4 is 0 Å². The van der Waals surface area contributed by atoms with Gasteiger partial charge in [-0.2, -0.15) is 0 Å². The quantitative estimate of drug-likeness (QED) is 0.359. The lowest BCUT2D eigenvalue weighted by molar-refractivity contribution is 0.123. The molecule has 0 aliphatic carbocycles. The fourth-order valence-electron chi connectivity index (χ4n) is 1.28. The first kappa shape index (κ1) is 9.75. The van der Waals surface area contributed by atoms with Crippen molar-refractivity contribution >= 4 is 0 Å². The molecule has 0 radical (unpaired) electrons. The van der Waals surface area contributed by atoms with Crippen molar-refractivity contribution < 1.29 is 9.84 Å². The highest BCUT2D eigenvalue weighted by molar-refractivity contribution is 4.78. The summed E-state index contributed by atoms with van der Waals surface area (Å²) in [6.07, 6.45) is 7.36. The van der Waals surface area contributed by atoms with E-state index in [1.165, 1.54) is 12.8 Å². The van der Waals surface area contributed by atoms with Crippen molar-refractivity contribution in [3.63, 3.8) is 0 Å². The van der Waals surface area contributed by atoms with Crippen molar-refractivity contribution in [2.75, 3.05) is 6.61 Å². The second-order valence-corrected chi connectivity index (χ2v) is 3.37. The Balaban J connectivity index is 1.84. The van der Waals surface area contributed by atoms with Crippen LogP contribution in [-0.4, -0.2) is 23.9 Å². The Morgan fingerprint density at radius 1 is 1.50 bits per heavy atom. The van der Waals surface area contributed by atoms with E-state index in [-0.39, 0.29) is 12.2 Å². The zero-order chi connectivity index (χ0) is 8.81. The fraction of sp³-hybridized carbons (Fsp3) is 0.800. The Morgan fingerprint density at radius 2 is 2.25 bits per heavy atom. The second kappa shape index (κ2) is 5.33. The molecule has 0 bridgehead atoms. The standard InChI is InChI=1S/C10H18O2/c1-2-3-4-5-6-7-9(11)10-8-12-10/h2,9-11H,1,3-8H2/t9-,10-/m0/s1. The number of allylic oxidation sites excluding steroid dienone is 1. The minimum atomic E-state index is -0.214. The Labute approximate surface area is 74.2 Å². The van der Waals surface area contributed by atoms with Gasteiger partial charge in [0, 0.05) is 0 Å². The maximum atomic E-state index is 9.40. The van der Waals surface area contributed by atoms with E-state index in [2.05, 4.69) is 6.58 Å². The minimum Gasteiger partial charge on any atom is -0.390 e. The van der Waals surface area contributed by atoms with E-state index in [0.717, 1.165) is 25.9 Å². The van der Waals surface area contributed by atoms with E-state index < -0.39 is 0 Å². The third-order valence-electron chi connectivity index (χ3n) is 2.20. The smallest absolute Gasteiger partial charge is 0.107 e. The molecule has 1 N–H and O–H groups in total. The predicted molar refractivity (Wildman–Crippen MR) is 49.0 cm³/mol. The zero-order valence-corrected chi connectivity index (χ0v) is 7.54. The van der Waals surface area contributed by atoms with E-state index in [4.69, 9.17) is 4.74 Å². The highest BCUT2D eigenvalue weighted by Crippen LogP contribution is 2.18. The summed E-state index contributed by atoms with van der Waals surface area (Å²) < 4.78 is 4.98. The van der Waals surface area contributed by atoms with E-state index in [1.807, 2.05) is 6.08 Å². The summed E-state index contributed by atoms with van der Waals surface area (Å²) in [4.78, 5) is 0. The van der Waals surface area contributed by atoms with Crippen molar-refractivity contribution in [2.45, 2.75) is 44.3 Å². The topological polar surface area (TPSA) is 32.8 Å². The van der Waals surface area contributed by atoms with Crippen LogP contribution in [0.1, 0.15) is 32.1 Å². The summed E-state index contributed by atoms with van der Waals surface area (Å²) in [5, 5.41) is 9.40. The zero-order valence-electron chi connectivity index (χ0n) is 7.54. The molecule has 2 atom stereocenters. The molecular formula is C10H18O2. The van der Waals surface area contributed by atoms with Crippen molar-refractivity contribution in [3.05, 3.63) is 12.7 Å². The molecule has 0 unspecified atom stereocenters. The first-order valence-electron chi connectivity index (χ1n) is 4.75. The molecule has 1 aliphatic rings. The first-order valence-corrected chi connectivity index (χ1v) is 4.75. The van der Waals surface area contributed by atoms with Gasteiger partial charge in [0.1, 0.15) is 6.10 Å². The van der Waals surface area contributed by atoms with Gasteiger partial charge in [0.25, 0.3) is 0 Å². The van der Waals surface area contributed by atoms with Gasteiger partial charge in [0.15, 0.2) is 0 Å². The molecule has 2 nitrogen and oxygen atoms in total. The van der Waals surface area contributed by atoms with Crippen molar-refractivity contribution in [3.8, 4) is 0 Å². The number of unbranched alkanes of at least 4 members (excludes halogenated alkanes) is 3. The molecule has 1 aliphatic heterocycles. The number of hydrogen-bond donors (Lipinski definition) is 1. The normalized spacial score (nSPS) is 23.6. The van der Waals surface area contributed by atoms with Crippen LogP contribution in [0.4, 0.5) is 0 Å². The fourth-order valence-corrected chi connectivity index (χ4v) is 1.28. The van der Waals surface area contributed by atoms with Gasteiger partial charge >= 0.3 is 0 Å². The van der Waals surface area contributed by atoms with Crippen LogP contribution in [-0.2, 0) is 4.74 Å². The minimum absolute atomic E-state index is 0.157. The average molecular weight is 170 g/mol. The summed E-state index contributed by atoms with van der Waals surface area (Å²) in [7, 11) is 0. The van der Waals surface area contributed by atoms with Gasteiger partial charge < -0.3 is 9.84 Å². The molecular weight excluding hydrogens is 152 g/mol. The Morgan fingerprint density at radius 3 is 2.83 bits per heavy atom. The molecule has 1 fully saturated rings. The molecule has 0 aromatic rings. The van der Waals surface area contributed by atoms with Crippen molar-refractivity contribution in [1.29, 1.82) is 0 Å². The van der Waals surface area contributed by atoms with Gasteiger partial charge in [0.2, 0.25) is 0 Å². The monoisotopic (exact) mass is 170 g/mol. The van der Waals surface area contributed by atoms with Crippen LogP contribution in [0, 0.1) is 0 Å². The largest absolute Gasteiger partial charge is 0.390 e. The Hall–Kier alpha value is -0.340. The SMILES string of the molecule is C=CCCCCC[C@H](O)[C@@H]1CO1. The average Bonchev–Trinajstić information content (AvgIpc) is 2.86. The number of aliphatic hydroxyl groups is 1. The van der Waals surface area contributed by atoms with E-state index in [9.17, 15) is 5.11 Å². The molecule has 0 saturated carbocycles. The lowest BCUT2D eigenvalue weighted by Crippen LogP contribution is -2.13. The van der Waals surface area contributed by atoms with E-state index in [0.29, 0.717) is 0 Å². The van der Waals surface area contributed by atoms with Gasteiger partial charge in [-0.15, -0.1) is 6.58 Å². The van der Waals surface area contributed by atoms with Gasteiger partial charge in [-0.05, 0) is 19.3 Å². The summed E-state index contributed by atoms with van der Waals surface area (Å²) >= 11 is 0. The molecule has 0 aromatic heterocycles. The summed E-state index contributed by atoms with van der Waals surface area (Å²) in [6.45, 7) is 4.42. The van der Waals surface area contributed by atoms with Crippen LogP contribution in [0.2, 0.25) is 0 Å². The first-order chi connectivity index (χ1) is 5.84. The molecule has 0 spiro atoms. The maximum Gasteiger partial charge on any atom is 0.107 e. The van der Waals surface area contributed by atoms with Gasteiger partial charge in [-0.25, -0.2) is 0 Å². The molecule has 1 saturated heterocycles. The highest BCUT2D eigenvalue weighted by atomic mass is 16.6. The third-order valence-corrected chi connectivity index (χ3v) is 2.20. The van der Waals surface area contributed by atoms with Crippen LogP contribution in [0.5, 0.6) is 0 Å². The molecule has 1 heterocycles. The van der Waals surface area contributed by atoms with E-state index in [1.54, 1.807) is 0 Å². The Kier molecular flexibility index (Phi) is 4.33. The predicted octanol–water partition coefficient (Wildman–Crippen LogP) is 1.88. The molecule has 0 aromatic carbocycles. The number of ether oxygens (including phenoxy) is 1. The molecule has 12 heavy (non-hydrogen) atoms. The summed E-state index contributed by atoms with van der Waals surface area (Å²) in [5.74, 6) is 0. The summed E-state index contributed by atoms with van der Waals surface area (Å²) in [6, 6.07) is 0. The highest BCUT2D eigenvalue weighted by Gasteiger charge is 2.30. The number of rotatable bonds is 7. The Bertz CT molecular complexity index is 130. The second-order valence-electron chi connectivity index (χ2n) is 3.37. The molecule has 1 rings (SSSR count). The van der Waals surface area contributed by atoms with Crippen molar-refractivity contribution in [1.82, 2.24) is 0 Å². The van der Waals surface area contributed by atoms with Gasteiger partial charge in [-0.1, -0.05) is 18.9 Å². The van der Waals surface area contributed by atoms with Crippen LogP contribution in [0.3, 0.4) is 0 Å². The third kappa shape index (κ3) is 3.88. The van der Waals surface area contributed by atoms with Gasteiger partial charge in [0.05, 0.1) is 12.7 Å². The van der Waals surface area contributed by atoms with E-state index >= 15 is 0 Å². The number of hydrogen-bond acceptors (Lipinski definition) is 2. The lowest BCUT2D eigenvalue weighted by atomic mass is 10.1. The van der Waals surface area contributed by atoms with Crippen LogP contribution in [0.15, 0.2) is 12.7 Å². The number of epoxide rings is 1. The summed E-state index contributed by atoms with van der Waals surface area (Å²) in [5.41, 5.74) is 0. The molecule has 0 amide bonds. The number of aliphatic hydroxyl groups excluding tert-OH is 1.